The maximum absolute atomic E-state index is 13.8. The number of carbonyl (C=O) groups excluding carboxylic acids is 1. The van der Waals surface area contributed by atoms with Crippen LogP contribution in [0, 0.1) is 6.92 Å². The summed E-state index contributed by atoms with van der Waals surface area (Å²) in [7, 11) is 0. The van der Waals surface area contributed by atoms with Crippen molar-refractivity contribution in [1.29, 1.82) is 0 Å². The highest BCUT2D eigenvalue weighted by Crippen LogP contribution is 2.50. The van der Waals surface area contributed by atoms with Gasteiger partial charge in [-0.1, -0.05) is 42.0 Å². The summed E-state index contributed by atoms with van der Waals surface area (Å²) < 4.78 is 41.3. The van der Waals surface area contributed by atoms with E-state index in [1.807, 2.05) is 6.92 Å². The molecule has 7 heteroatoms. The minimum Gasteiger partial charge on any atom is -0.504 e. The van der Waals surface area contributed by atoms with Crippen LogP contribution in [0.2, 0.25) is 0 Å². The summed E-state index contributed by atoms with van der Waals surface area (Å²) in [6.45, 7) is 1.86. The number of halogens is 3. The highest BCUT2D eigenvalue weighted by Gasteiger charge is 2.51. The average Bonchev–Trinajstić information content (AvgIpc) is 3.52. The number of hydrogen-bond donors (Lipinski definition) is 3. The number of rotatable bonds is 4. The lowest BCUT2D eigenvalue weighted by Gasteiger charge is -2.19. The maximum Gasteiger partial charge on any atom is 0.417 e. The molecule has 1 aliphatic carbocycles. The first-order chi connectivity index (χ1) is 14.6. The second kappa shape index (κ2) is 7.34. The van der Waals surface area contributed by atoms with E-state index in [0.717, 1.165) is 11.6 Å². The van der Waals surface area contributed by atoms with E-state index in [4.69, 9.17) is 0 Å². The zero-order chi connectivity index (χ0) is 22.4. The molecular weight excluding hydrogens is 407 g/mol. The number of aryl methyl sites for hydroxylation is 1. The van der Waals surface area contributed by atoms with E-state index in [-0.39, 0.29) is 22.7 Å². The second-order valence-electron chi connectivity index (χ2n) is 7.86. The zero-order valence-corrected chi connectivity index (χ0v) is 16.6. The monoisotopic (exact) mass is 427 g/mol. The molecule has 31 heavy (non-hydrogen) atoms. The van der Waals surface area contributed by atoms with Crippen LogP contribution in [0.1, 0.15) is 29.5 Å². The van der Waals surface area contributed by atoms with Gasteiger partial charge in [-0.3, -0.25) is 4.79 Å². The van der Waals surface area contributed by atoms with Gasteiger partial charge in [-0.2, -0.15) is 13.2 Å². The van der Waals surface area contributed by atoms with Crippen LogP contribution in [0.5, 0.6) is 11.5 Å². The van der Waals surface area contributed by atoms with Crippen LogP contribution in [0.4, 0.5) is 18.9 Å². The largest absolute Gasteiger partial charge is 0.504 e. The molecule has 1 amide bonds. The molecular formula is C24H20F3NO3. The van der Waals surface area contributed by atoms with Crippen molar-refractivity contribution < 1.29 is 28.2 Å². The Morgan fingerprint density at radius 3 is 2.19 bits per heavy atom. The first-order valence-corrected chi connectivity index (χ1v) is 9.72. The Hall–Kier alpha value is -3.48. The minimum absolute atomic E-state index is 0.0371. The van der Waals surface area contributed by atoms with Crippen molar-refractivity contribution in [2.24, 2.45) is 0 Å². The summed E-state index contributed by atoms with van der Waals surface area (Å²) >= 11 is 0. The molecule has 0 heterocycles. The van der Waals surface area contributed by atoms with E-state index < -0.39 is 23.1 Å². The molecule has 0 atom stereocenters. The zero-order valence-electron chi connectivity index (χ0n) is 16.6. The molecule has 3 aromatic carbocycles. The standard InChI is InChI=1S/C24H20F3NO3/c1-14-2-4-15(5-3-14)18-8-7-17(13-19(18)24(25,26)27)28-22(31)23(10-11-23)16-6-9-20(29)21(30)12-16/h2-9,12-13,29-30H,10-11H2,1H3,(H,28,31). The van der Waals surface area contributed by atoms with Gasteiger partial charge in [0.2, 0.25) is 5.91 Å². The van der Waals surface area contributed by atoms with Crippen molar-refractivity contribution in [3.8, 4) is 22.6 Å². The molecule has 4 rings (SSSR count). The fourth-order valence-corrected chi connectivity index (χ4v) is 3.69. The first kappa shape index (κ1) is 20.8. The van der Waals surface area contributed by atoms with Gasteiger partial charge in [0.15, 0.2) is 11.5 Å². The van der Waals surface area contributed by atoms with Crippen LogP contribution < -0.4 is 5.32 Å². The predicted molar refractivity (Wildman–Crippen MR) is 111 cm³/mol. The summed E-state index contributed by atoms with van der Waals surface area (Å²) in [6.07, 6.45) is -3.60. The van der Waals surface area contributed by atoms with Gasteiger partial charge in [-0.15, -0.1) is 0 Å². The third-order valence-corrected chi connectivity index (χ3v) is 5.66. The predicted octanol–water partition coefficient (Wildman–Crippen LogP) is 5.76. The van der Waals surface area contributed by atoms with Crippen LogP contribution in [-0.2, 0) is 16.4 Å². The summed E-state index contributed by atoms with van der Waals surface area (Å²) in [5, 5.41) is 21.8. The van der Waals surface area contributed by atoms with E-state index in [1.54, 1.807) is 24.3 Å². The molecule has 0 radical (unpaired) electrons. The molecule has 1 aliphatic rings. The molecule has 1 saturated carbocycles. The van der Waals surface area contributed by atoms with Crippen LogP contribution in [0.25, 0.3) is 11.1 Å². The fourth-order valence-electron chi connectivity index (χ4n) is 3.69. The molecule has 4 nitrogen and oxygen atoms in total. The highest BCUT2D eigenvalue weighted by molar-refractivity contribution is 6.01. The number of anilines is 1. The molecule has 160 valence electrons. The summed E-state index contributed by atoms with van der Waals surface area (Å²) in [6, 6.07) is 14.6. The van der Waals surface area contributed by atoms with Gasteiger partial charge in [0.1, 0.15) is 0 Å². The third-order valence-electron chi connectivity index (χ3n) is 5.66. The first-order valence-electron chi connectivity index (χ1n) is 9.72. The lowest BCUT2D eigenvalue weighted by Crippen LogP contribution is -2.28. The maximum atomic E-state index is 13.8. The van der Waals surface area contributed by atoms with Crippen molar-refractivity contribution in [3.63, 3.8) is 0 Å². The Labute approximate surface area is 177 Å². The average molecular weight is 427 g/mol. The number of nitrogens with one attached hydrogen (secondary N) is 1. The fraction of sp³-hybridized carbons (Fsp3) is 0.208. The lowest BCUT2D eigenvalue weighted by atomic mass is 9.94. The Kier molecular flexibility index (Phi) is 4.92. The van der Waals surface area contributed by atoms with Crippen LogP contribution in [-0.4, -0.2) is 16.1 Å². The number of carbonyl (C=O) groups is 1. The number of amides is 1. The topological polar surface area (TPSA) is 69.6 Å². The number of benzene rings is 3. The summed E-state index contributed by atoms with van der Waals surface area (Å²) in [4.78, 5) is 12.9. The van der Waals surface area contributed by atoms with Gasteiger partial charge < -0.3 is 15.5 Å². The Balaban J connectivity index is 1.65. The van der Waals surface area contributed by atoms with Crippen molar-refractivity contribution in [2.75, 3.05) is 5.32 Å². The number of aromatic hydroxyl groups is 2. The lowest BCUT2D eigenvalue weighted by molar-refractivity contribution is -0.137. The smallest absolute Gasteiger partial charge is 0.417 e. The van der Waals surface area contributed by atoms with E-state index in [9.17, 15) is 28.2 Å². The molecule has 3 N–H and O–H groups in total. The Bertz CT molecular complexity index is 1150. The van der Waals surface area contributed by atoms with Crippen LogP contribution in [0.3, 0.4) is 0 Å². The van der Waals surface area contributed by atoms with Crippen molar-refractivity contribution >= 4 is 11.6 Å². The van der Waals surface area contributed by atoms with Crippen LogP contribution in [0.15, 0.2) is 60.7 Å². The number of phenolic OH excluding ortho intramolecular Hbond substituents is 2. The van der Waals surface area contributed by atoms with Gasteiger partial charge in [-0.05, 0) is 60.7 Å². The quantitative estimate of drug-likeness (QED) is 0.464. The molecule has 0 bridgehead atoms. The third kappa shape index (κ3) is 3.95. The minimum atomic E-state index is -4.60. The number of phenols is 2. The normalized spacial score (nSPS) is 14.8. The van der Waals surface area contributed by atoms with Crippen molar-refractivity contribution in [3.05, 3.63) is 77.4 Å². The molecule has 0 saturated heterocycles. The molecule has 1 fully saturated rings. The van der Waals surface area contributed by atoms with Gasteiger partial charge in [0.05, 0.1) is 11.0 Å². The van der Waals surface area contributed by atoms with E-state index >= 15 is 0 Å². The molecule has 0 spiro atoms. The van der Waals surface area contributed by atoms with Gasteiger partial charge >= 0.3 is 6.18 Å². The van der Waals surface area contributed by atoms with Gasteiger partial charge in [-0.25, -0.2) is 0 Å². The second-order valence-corrected chi connectivity index (χ2v) is 7.86. The van der Waals surface area contributed by atoms with Gasteiger partial charge in [0, 0.05) is 5.69 Å². The summed E-state index contributed by atoms with van der Waals surface area (Å²) in [5.74, 6) is -1.10. The molecule has 0 unspecified atom stereocenters. The SMILES string of the molecule is Cc1ccc(-c2ccc(NC(=O)C3(c4ccc(O)c(O)c4)CC3)cc2C(F)(F)F)cc1. The number of alkyl halides is 3. The van der Waals surface area contributed by atoms with Crippen LogP contribution >= 0.6 is 0 Å². The molecule has 0 aliphatic heterocycles. The van der Waals surface area contributed by atoms with E-state index in [2.05, 4.69) is 5.32 Å². The van der Waals surface area contributed by atoms with Crippen molar-refractivity contribution in [1.82, 2.24) is 0 Å². The summed E-state index contributed by atoms with van der Waals surface area (Å²) in [5.41, 5.74) is 0.204. The molecule has 3 aromatic rings. The Morgan fingerprint density at radius 1 is 0.935 bits per heavy atom. The highest BCUT2D eigenvalue weighted by atomic mass is 19.4. The van der Waals surface area contributed by atoms with E-state index in [1.165, 1.54) is 30.3 Å². The van der Waals surface area contributed by atoms with E-state index in [0.29, 0.717) is 24.0 Å². The number of hydrogen-bond acceptors (Lipinski definition) is 3. The Morgan fingerprint density at radius 2 is 1.61 bits per heavy atom. The molecule has 0 aromatic heterocycles. The van der Waals surface area contributed by atoms with Gasteiger partial charge in [0.25, 0.3) is 0 Å². The van der Waals surface area contributed by atoms with Crippen molar-refractivity contribution in [2.45, 2.75) is 31.4 Å².